The van der Waals surface area contributed by atoms with Crippen LogP contribution in [0.1, 0.15) is 21.5 Å². The average Bonchev–Trinajstić information content (AvgIpc) is 3.25. The van der Waals surface area contributed by atoms with Gasteiger partial charge in [0.25, 0.3) is 11.5 Å². The van der Waals surface area contributed by atoms with Gasteiger partial charge in [-0.25, -0.2) is 4.98 Å². The van der Waals surface area contributed by atoms with Gasteiger partial charge in [0.15, 0.2) is 11.3 Å². The highest BCUT2D eigenvalue weighted by atomic mass is 16.1. The van der Waals surface area contributed by atoms with Crippen LogP contribution in [0.2, 0.25) is 0 Å². The quantitative estimate of drug-likeness (QED) is 0.460. The van der Waals surface area contributed by atoms with E-state index in [1.165, 1.54) is 15.0 Å². The number of carbonyl (C=O) groups excluding carboxylic acids is 1. The summed E-state index contributed by atoms with van der Waals surface area (Å²) in [6.07, 6.45) is 2.34. The summed E-state index contributed by atoms with van der Waals surface area (Å²) in [6.45, 7) is 2.32. The van der Waals surface area contributed by atoms with Crippen molar-refractivity contribution in [3.8, 4) is 0 Å². The minimum absolute atomic E-state index is 0.229. The number of rotatable bonds is 4. The average molecular weight is 399 g/mol. The lowest BCUT2D eigenvalue weighted by atomic mass is 10.1. The molecule has 5 aromatic rings. The van der Waals surface area contributed by atoms with Crippen LogP contribution in [0.4, 0.5) is 0 Å². The summed E-state index contributed by atoms with van der Waals surface area (Å²) in [5.74, 6) is -0.346. The van der Waals surface area contributed by atoms with E-state index >= 15 is 0 Å². The molecule has 9 heteroatoms. The molecule has 0 spiro atoms. The monoisotopic (exact) mass is 399 g/mol. The third-order valence-corrected chi connectivity index (χ3v) is 5.05. The number of nitrogens with zero attached hydrogens (tertiary/aromatic N) is 6. The number of pyridine rings is 2. The van der Waals surface area contributed by atoms with Crippen LogP contribution in [-0.4, -0.2) is 41.9 Å². The van der Waals surface area contributed by atoms with Gasteiger partial charge in [0.1, 0.15) is 5.65 Å². The van der Waals surface area contributed by atoms with Crippen LogP contribution in [0.15, 0.2) is 59.5 Å². The Morgan fingerprint density at radius 2 is 1.90 bits per heavy atom. The second kappa shape index (κ2) is 7.03. The van der Waals surface area contributed by atoms with E-state index < -0.39 is 0 Å². The molecule has 0 atom stereocenters. The Labute approximate surface area is 170 Å². The standard InChI is InChI=1S/C21H17N7O2/c1-13-6-5-11-27-17(13)23-18-16(21(27)30)12-15(19-24-25-26-28(18)19)20(29)22-10-9-14-7-3-2-4-8-14/h2-8,11-12H,9-10H2,1H3,(H,22,29). The van der Waals surface area contributed by atoms with Gasteiger partial charge in [-0.15, -0.1) is 5.10 Å². The minimum Gasteiger partial charge on any atom is -0.352 e. The molecule has 30 heavy (non-hydrogen) atoms. The Morgan fingerprint density at radius 3 is 2.73 bits per heavy atom. The molecule has 1 N–H and O–H groups in total. The van der Waals surface area contributed by atoms with Gasteiger partial charge in [0, 0.05) is 12.7 Å². The first kappa shape index (κ1) is 17.9. The maximum absolute atomic E-state index is 13.1. The van der Waals surface area contributed by atoms with Crippen molar-refractivity contribution < 1.29 is 4.79 Å². The molecule has 1 aromatic carbocycles. The van der Waals surface area contributed by atoms with E-state index in [4.69, 9.17) is 0 Å². The lowest BCUT2D eigenvalue weighted by Gasteiger charge is -2.09. The van der Waals surface area contributed by atoms with E-state index in [-0.39, 0.29) is 28.1 Å². The molecule has 1 amide bonds. The number of amides is 1. The molecule has 0 fully saturated rings. The summed E-state index contributed by atoms with van der Waals surface area (Å²) >= 11 is 0. The fourth-order valence-electron chi connectivity index (χ4n) is 3.52. The third-order valence-electron chi connectivity index (χ3n) is 5.05. The molecule has 5 rings (SSSR count). The SMILES string of the molecule is Cc1cccn2c(=O)c3cc(C(=O)NCCc4ccccc4)c4nnnn4c3nc12. The van der Waals surface area contributed by atoms with Gasteiger partial charge >= 0.3 is 0 Å². The van der Waals surface area contributed by atoms with Crippen LogP contribution in [0, 0.1) is 6.92 Å². The molecule has 0 aliphatic carbocycles. The normalized spacial score (nSPS) is 11.4. The Kier molecular flexibility index (Phi) is 4.20. The second-order valence-corrected chi connectivity index (χ2v) is 7.00. The van der Waals surface area contributed by atoms with Crippen LogP contribution >= 0.6 is 0 Å². The van der Waals surface area contributed by atoms with Crippen LogP contribution < -0.4 is 10.9 Å². The van der Waals surface area contributed by atoms with Crippen LogP contribution in [-0.2, 0) is 6.42 Å². The topological polar surface area (TPSA) is 107 Å². The number of hydrogen-bond acceptors (Lipinski definition) is 6. The number of benzene rings is 1. The van der Waals surface area contributed by atoms with Crippen LogP contribution in [0.25, 0.3) is 22.3 Å². The molecule has 9 nitrogen and oxygen atoms in total. The first-order chi connectivity index (χ1) is 14.6. The predicted octanol–water partition coefficient (Wildman–Crippen LogP) is 1.57. The molecule has 0 unspecified atom stereocenters. The molecule has 0 bridgehead atoms. The largest absolute Gasteiger partial charge is 0.352 e. The molecule has 4 heterocycles. The smallest absolute Gasteiger partial charge is 0.267 e. The lowest BCUT2D eigenvalue weighted by Crippen LogP contribution is -2.27. The zero-order valence-corrected chi connectivity index (χ0v) is 16.1. The number of nitrogens with one attached hydrogen (secondary N) is 1. The Bertz CT molecular complexity index is 1470. The van der Waals surface area contributed by atoms with E-state index in [2.05, 4.69) is 25.8 Å². The molecule has 148 valence electrons. The van der Waals surface area contributed by atoms with Crippen molar-refractivity contribution in [2.45, 2.75) is 13.3 Å². The Balaban J connectivity index is 1.59. The molecule has 0 aliphatic rings. The zero-order valence-electron chi connectivity index (χ0n) is 16.1. The molecule has 0 aliphatic heterocycles. The van der Waals surface area contributed by atoms with Gasteiger partial charge in [-0.1, -0.05) is 36.4 Å². The van der Waals surface area contributed by atoms with Gasteiger partial charge < -0.3 is 5.32 Å². The van der Waals surface area contributed by atoms with Gasteiger partial charge in [0.05, 0.1) is 10.9 Å². The zero-order chi connectivity index (χ0) is 20.7. The summed E-state index contributed by atoms with van der Waals surface area (Å²) in [5, 5.41) is 14.8. The summed E-state index contributed by atoms with van der Waals surface area (Å²) in [5.41, 5.74) is 3.00. The molecular weight excluding hydrogens is 382 g/mol. The van der Waals surface area contributed by atoms with Crippen LogP contribution in [0.5, 0.6) is 0 Å². The Morgan fingerprint density at radius 1 is 1.07 bits per heavy atom. The fourth-order valence-corrected chi connectivity index (χ4v) is 3.52. The maximum Gasteiger partial charge on any atom is 0.267 e. The van der Waals surface area contributed by atoms with E-state index in [1.807, 2.05) is 43.3 Å². The fraction of sp³-hybridized carbons (Fsp3) is 0.143. The number of hydrogen-bond donors (Lipinski definition) is 1. The Hall–Kier alpha value is -4.14. The predicted molar refractivity (Wildman–Crippen MR) is 111 cm³/mol. The molecule has 0 saturated carbocycles. The number of carbonyl (C=O) groups is 1. The second-order valence-electron chi connectivity index (χ2n) is 7.00. The first-order valence-electron chi connectivity index (χ1n) is 9.48. The van der Waals surface area contributed by atoms with Crippen molar-refractivity contribution in [2.24, 2.45) is 0 Å². The van der Waals surface area contributed by atoms with Crippen molar-refractivity contribution in [1.29, 1.82) is 0 Å². The first-order valence-corrected chi connectivity index (χ1v) is 9.48. The van der Waals surface area contributed by atoms with E-state index in [0.717, 1.165) is 11.1 Å². The van der Waals surface area contributed by atoms with Gasteiger partial charge in [-0.3, -0.25) is 14.0 Å². The van der Waals surface area contributed by atoms with Crippen molar-refractivity contribution in [2.75, 3.05) is 6.54 Å². The third kappa shape index (κ3) is 2.87. The number of tetrazole rings is 1. The van der Waals surface area contributed by atoms with Gasteiger partial charge in [-0.2, -0.15) is 4.52 Å². The maximum atomic E-state index is 13.1. The van der Waals surface area contributed by atoms with E-state index in [0.29, 0.717) is 24.3 Å². The highest BCUT2D eigenvalue weighted by molar-refractivity contribution is 6.03. The summed E-state index contributed by atoms with van der Waals surface area (Å²) in [4.78, 5) is 30.6. The molecule has 0 saturated heterocycles. The van der Waals surface area contributed by atoms with Crippen molar-refractivity contribution in [3.63, 3.8) is 0 Å². The number of aromatic nitrogens is 6. The number of fused-ring (bicyclic) bond motifs is 4. The summed E-state index contributed by atoms with van der Waals surface area (Å²) < 4.78 is 2.81. The van der Waals surface area contributed by atoms with Crippen molar-refractivity contribution in [3.05, 3.63) is 81.8 Å². The van der Waals surface area contributed by atoms with Crippen molar-refractivity contribution >= 4 is 28.2 Å². The van der Waals surface area contributed by atoms with E-state index in [9.17, 15) is 9.59 Å². The summed E-state index contributed by atoms with van der Waals surface area (Å²) in [7, 11) is 0. The highest BCUT2D eigenvalue weighted by Crippen LogP contribution is 2.17. The van der Waals surface area contributed by atoms with Crippen molar-refractivity contribution in [1.82, 2.24) is 34.7 Å². The molecule has 0 radical (unpaired) electrons. The summed E-state index contributed by atoms with van der Waals surface area (Å²) in [6, 6.07) is 15.0. The van der Waals surface area contributed by atoms with Crippen LogP contribution in [0.3, 0.4) is 0 Å². The highest BCUT2D eigenvalue weighted by Gasteiger charge is 2.19. The minimum atomic E-state index is -0.346. The molecular formula is C21H17N7O2. The lowest BCUT2D eigenvalue weighted by molar-refractivity contribution is 0.0955. The molecule has 4 aromatic heterocycles. The van der Waals surface area contributed by atoms with Gasteiger partial charge in [-0.05, 0) is 47.0 Å². The number of aryl methyl sites for hydroxylation is 1. The van der Waals surface area contributed by atoms with E-state index in [1.54, 1.807) is 12.3 Å². The van der Waals surface area contributed by atoms with Gasteiger partial charge in [0.2, 0.25) is 0 Å².